The van der Waals surface area contributed by atoms with Gasteiger partial charge in [-0.1, -0.05) is 0 Å². The molecule has 120 valence electrons. The van der Waals surface area contributed by atoms with E-state index in [-0.39, 0.29) is 5.91 Å². The number of likely N-dealkylation sites (N-methyl/N-ethyl adjacent to an activating group) is 2. The van der Waals surface area contributed by atoms with Gasteiger partial charge in [0.05, 0.1) is 6.42 Å². The topological polar surface area (TPSA) is 54.4 Å². The second-order valence-electron chi connectivity index (χ2n) is 6.09. The molecular weight excluding hydrogens is 268 g/mol. The van der Waals surface area contributed by atoms with Crippen LogP contribution in [0.25, 0.3) is 0 Å². The quantitative estimate of drug-likeness (QED) is 0.694. The van der Waals surface area contributed by atoms with Crippen molar-refractivity contribution in [2.24, 2.45) is 5.10 Å². The number of hydrazine groups is 1. The highest BCUT2D eigenvalue weighted by Gasteiger charge is 2.17. The maximum atomic E-state index is 12.0. The average molecular weight is 296 g/mol. The Hall–Kier alpha value is -1.18. The van der Waals surface area contributed by atoms with Crippen molar-refractivity contribution in [1.29, 1.82) is 0 Å². The summed E-state index contributed by atoms with van der Waals surface area (Å²) in [5, 5.41) is 8.62. The van der Waals surface area contributed by atoms with E-state index in [1.807, 2.05) is 11.9 Å². The number of nitrogens with one attached hydrogen (secondary N) is 1. The van der Waals surface area contributed by atoms with Gasteiger partial charge in [-0.3, -0.25) is 15.2 Å². The fourth-order valence-electron chi connectivity index (χ4n) is 2.54. The standard InChI is InChI=1S/C14H28N6O/c1-13(15-19-8-4-17(2)5-9-19)12-14(21)16-20-10-6-18(3)7-11-20/h4-12H2,1-3H3,(H,16,21)/b15-13-. The Morgan fingerprint density at radius 2 is 1.48 bits per heavy atom. The second kappa shape index (κ2) is 7.72. The summed E-state index contributed by atoms with van der Waals surface area (Å²) in [6, 6.07) is 0. The van der Waals surface area contributed by atoms with Crippen LogP contribution in [0.3, 0.4) is 0 Å². The molecule has 7 heteroatoms. The van der Waals surface area contributed by atoms with E-state index < -0.39 is 0 Å². The van der Waals surface area contributed by atoms with Gasteiger partial charge in [-0.15, -0.1) is 0 Å². The summed E-state index contributed by atoms with van der Waals surface area (Å²) >= 11 is 0. The molecule has 0 spiro atoms. The van der Waals surface area contributed by atoms with Crippen molar-refractivity contribution in [3.63, 3.8) is 0 Å². The first kappa shape index (κ1) is 16.2. The summed E-state index contributed by atoms with van der Waals surface area (Å²) in [5.74, 6) is 0.0370. The van der Waals surface area contributed by atoms with Crippen LogP contribution >= 0.6 is 0 Å². The van der Waals surface area contributed by atoms with Gasteiger partial charge in [-0.25, -0.2) is 5.01 Å². The lowest BCUT2D eigenvalue weighted by Crippen LogP contribution is -2.52. The van der Waals surface area contributed by atoms with Crippen LogP contribution < -0.4 is 5.43 Å². The molecule has 0 aromatic rings. The Balaban J connectivity index is 1.71. The van der Waals surface area contributed by atoms with E-state index >= 15 is 0 Å². The second-order valence-corrected chi connectivity index (χ2v) is 6.09. The third kappa shape index (κ3) is 5.61. The van der Waals surface area contributed by atoms with Crippen molar-refractivity contribution >= 4 is 11.6 Å². The van der Waals surface area contributed by atoms with Gasteiger partial charge in [-0.05, 0) is 21.0 Å². The first-order chi connectivity index (χ1) is 10.0. The third-order valence-corrected chi connectivity index (χ3v) is 3.99. The highest BCUT2D eigenvalue weighted by molar-refractivity contribution is 5.99. The fourth-order valence-corrected chi connectivity index (χ4v) is 2.54. The molecule has 0 unspecified atom stereocenters. The number of hydrazone groups is 1. The largest absolute Gasteiger partial charge is 0.304 e. The molecule has 21 heavy (non-hydrogen) atoms. The van der Waals surface area contributed by atoms with Gasteiger partial charge < -0.3 is 9.80 Å². The lowest BCUT2D eigenvalue weighted by Gasteiger charge is -2.32. The predicted molar refractivity (Wildman–Crippen MR) is 84.0 cm³/mol. The lowest BCUT2D eigenvalue weighted by atomic mass is 10.3. The summed E-state index contributed by atoms with van der Waals surface area (Å²) < 4.78 is 0. The Bertz CT molecular complexity index is 370. The van der Waals surface area contributed by atoms with E-state index in [4.69, 9.17) is 0 Å². The number of piperazine rings is 2. The smallest absolute Gasteiger partial charge is 0.240 e. The van der Waals surface area contributed by atoms with E-state index in [0.717, 1.165) is 58.1 Å². The molecule has 2 heterocycles. The molecule has 0 saturated carbocycles. The van der Waals surface area contributed by atoms with Gasteiger partial charge in [-0.2, -0.15) is 5.10 Å². The molecule has 7 nitrogen and oxygen atoms in total. The van der Waals surface area contributed by atoms with Gasteiger partial charge in [0.25, 0.3) is 0 Å². The predicted octanol–water partition coefficient (Wildman–Crippen LogP) is -0.722. The molecule has 0 aromatic heterocycles. The molecule has 1 amide bonds. The first-order valence-electron chi connectivity index (χ1n) is 7.73. The fraction of sp³-hybridized carbons (Fsp3) is 0.857. The van der Waals surface area contributed by atoms with E-state index in [1.165, 1.54) is 0 Å². The van der Waals surface area contributed by atoms with Crippen LogP contribution in [0.5, 0.6) is 0 Å². The summed E-state index contributed by atoms with van der Waals surface area (Å²) in [6.45, 7) is 9.63. The van der Waals surface area contributed by atoms with Gasteiger partial charge in [0.15, 0.2) is 0 Å². The van der Waals surface area contributed by atoms with Gasteiger partial charge >= 0.3 is 0 Å². The minimum Gasteiger partial charge on any atom is -0.304 e. The zero-order valence-corrected chi connectivity index (χ0v) is 13.5. The molecule has 0 bridgehead atoms. The lowest BCUT2D eigenvalue weighted by molar-refractivity contribution is -0.125. The van der Waals surface area contributed by atoms with Crippen molar-refractivity contribution in [1.82, 2.24) is 25.2 Å². The van der Waals surface area contributed by atoms with Crippen LogP contribution in [0.4, 0.5) is 0 Å². The Labute approximate surface area is 127 Å². The number of amides is 1. The minimum absolute atomic E-state index is 0.0370. The van der Waals surface area contributed by atoms with Crippen molar-refractivity contribution in [3.05, 3.63) is 0 Å². The van der Waals surface area contributed by atoms with Gasteiger partial charge in [0.2, 0.25) is 5.91 Å². The van der Waals surface area contributed by atoms with E-state index in [1.54, 1.807) is 0 Å². The number of rotatable bonds is 4. The van der Waals surface area contributed by atoms with Gasteiger partial charge in [0.1, 0.15) is 0 Å². The van der Waals surface area contributed by atoms with E-state index in [0.29, 0.717) is 6.42 Å². The monoisotopic (exact) mass is 296 g/mol. The van der Waals surface area contributed by atoms with Crippen molar-refractivity contribution in [2.75, 3.05) is 66.5 Å². The number of carbonyl (C=O) groups excluding carboxylic acids is 1. The van der Waals surface area contributed by atoms with Crippen LogP contribution in [-0.2, 0) is 4.79 Å². The molecular formula is C14H28N6O. The third-order valence-electron chi connectivity index (χ3n) is 3.99. The number of hydrogen-bond acceptors (Lipinski definition) is 6. The van der Waals surface area contributed by atoms with Gasteiger partial charge in [0, 0.05) is 58.1 Å². The Kier molecular flexibility index (Phi) is 5.96. The van der Waals surface area contributed by atoms with Crippen LogP contribution in [0.2, 0.25) is 0 Å². The molecule has 0 aliphatic carbocycles. The maximum Gasteiger partial charge on any atom is 0.240 e. The first-order valence-corrected chi connectivity index (χ1v) is 7.73. The number of hydrogen-bond donors (Lipinski definition) is 1. The van der Waals surface area contributed by atoms with Crippen LogP contribution in [0.1, 0.15) is 13.3 Å². The average Bonchev–Trinajstić information content (AvgIpc) is 2.44. The molecule has 0 radical (unpaired) electrons. The zero-order chi connectivity index (χ0) is 15.2. The Morgan fingerprint density at radius 1 is 0.952 bits per heavy atom. The summed E-state index contributed by atoms with van der Waals surface area (Å²) in [7, 11) is 4.23. The molecule has 2 aliphatic rings. The van der Waals surface area contributed by atoms with Crippen LogP contribution in [0, 0.1) is 0 Å². The van der Waals surface area contributed by atoms with Crippen molar-refractivity contribution in [2.45, 2.75) is 13.3 Å². The molecule has 0 atom stereocenters. The highest BCUT2D eigenvalue weighted by Crippen LogP contribution is 2.02. The van der Waals surface area contributed by atoms with E-state index in [9.17, 15) is 4.79 Å². The van der Waals surface area contributed by atoms with E-state index in [2.05, 4.69) is 39.4 Å². The molecule has 0 aromatic carbocycles. The number of carbonyl (C=O) groups is 1. The normalized spacial score (nSPS) is 23.4. The summed E-state index contributed by atoms with van der Waals surface area (Å²) in [4.78, 5) is 16.6. The zero-order valence-electron chi connectivity index (χ0n) is 13.5. The van der Waals surface area contributed by atoms with Crippen LogP contribution in [0.15, 0.2) is 5.10 Å². The summed E-state index contributed by atoms with van der Waals surface area (Å²) in [6.07, 6.45) is 0.374. The molecule has 2 saturated heterocycles. The van der Waals surface area contributed by atoms with Crippen LogP contribution in [-0.4, -0.2) is 97.9 Å². The number of nitrogens with zero attached hydrogens (tertiary/aromatic N) is 5. The minimum atomic E-state index is 0.0370. The summed E-state index contributed by atoms with van der Waals surface area (Å²) in [5.41, 5.74) is 3.86. The molecule has 2 aliphatic heterocycles. The molecule has 1 N–H and O–H groups in total. The highest BCUT2D eigenvalue weighted by atomic mass is 16.2. The van der Waals surface area contributed by atoms with Crippen molar-refractivity contribution in [3.8, 4) is 0 Å². The maximum absolute atomic E-state index is 12.0. The Morgan fingerprint density at radius 3 is 2.05 bits per heavy atom. The van der Waals surface area contributed by atoms with Crippen molar-refractivity contribution < 1.29 is 4.79 Å². The molecule has 2 fully saturated rings. The SMILES string of the molecule is C/C(CC(=O)NN1CCN(C)CC1)=N/N1CCN(C)CC1. The molecule has 2 rings (SSSR count).